The van der Waals surface area contributed by atoms with E-state index in [2.05, 4.69) is 5.10 Å². The number of amides is 1. The maximum atomic E-state index is 13.9. The Hall–Kier alpha value is -3.02. The zero-order chi connectivity index (χ0) is 16.7. The molecule has 2 heterocycles. The molecule has 120 valence electrons. The number of aromatic nitrogens is 2. The van der Waals surface area contributed by atoms with Crippen molar-refractivity contribution in [2.75, 3.05) is 11.4 Å². The van der Waals surface area contributed by atoms with Crippen LogP contribution in [0.2, 0.25) is 0 Å². The third kappa shape index (κ3) is 2.36. The van der Waals surface area contributed by atoms with Gasteiger partial charge >= 0.3 is 0 Å². The van der Waals surface area contributed by atoms with Gasteiger partial charge in [-0.3, -0.25) is 4.79 Å². The minimum Gasteiger partial charge on any atom is -0.308 e. The molecule has 1 aromatic heterocycles. The lowest BCUT2D eigenvalue weighted by molar-refractivity contribution is 0.0989. The van der Waals surface area contributed by atoms with Gasteiger partial charge in [0, 0.05) is 36.1 Å². The second-order valence-corrected chi connectivity index (χ2v) is 5.59. The van der Waals surface area contributed by atoms with Gasteiger partial charge in [-0.05, 0) is 36.8 Å². The van der Waals surface area contributed by atoms with E-state index in [9.17, 15) is 13.6 Å². The second-order valence-electron chi connectivity index (χ2n) is 5.59. The van der Waals surface area contributed by atoms with Gasteiger partial charge in [-0.1, -0.05) is 6.07 Å². The van der Waals surface area contributed by atoms with Crippen LogP contribution in [0.5, 0.6) is 0 Å². The van der Waals surface area contributed by atoms with Gasteiger partial charge in [0.05, 0.1) is 11.4 Å². The van der Waals surface area contributed by atoms with Crippen molar-refractivity contribution in [3.8, 4) is 5.69 Å². The lowest BCUT2D eigenvalue weighted by Gasteiger charge is -2.18. The molecule has 0 aliphatic carbocycles. The first-order valence-electron chi connectivity index (χ1n) is 7.53. The summed E-state index contributed by atoms with van der Waals surface area (Å²) in [5, 5.41) is 4.14. The summed E-state index contributed by atoms with van der Waals surface area (Å²) in [5.41, 5.74) is 1.88. The zero-order valence-corrected chi connectivity index (χ0v) is 12.6. The van der Waals surface area contributed by atoms with Crippen molar-refractivity contribution < 1.29 is 13.6 Å². The number of carbonyl (C=O) groups excluding carboxylic acids is 1. The maximum absolute atomic E-state index is 13.9. The molecular formula is C18H13F2N3O. The first kappa shape index (κ1) is 14.6. The van der Waals surface area contributed by atoms with Crippen LogP contribution in [0.15, 0.2) is 54.9 Å². The number of benzene rings is 2. The highest BCUT2D eigenvalue weighted by Gasteiger charge is 2.28. The fourth-order valence-corrected chi connectivity index (χ4v) is 2.99. The lowest BCUT2D eigenvalue weighted by atomic mass is 10.1. The van der Waals surface area contributed by atoms with E-state index in [0.29, 0.717) is 29.8 Å². The third-order valence-corrected chi connectivity index (χ3v) is 4.12. The summed E-state index contributed by atoms with van der Waals surface area (Å²) in [6.45, 7) is 0.334. The number of anilines is 1. The highest BCUT2D eigenvalue weighted by atomic mass is 19.1. The quantitative estimate of drug-likeness (QED) is 0.725. The van der Waals surface area contributed by atoms with Gasteiger partial charge in [0.25, 0.3) is 5.91 Å². The summed E-state index contributed by atoms with van der Waals surface area (Å²) in [7, 11) is 0. The molecule has 0 atom stereocenters. The highest BCUT2D eigenvalue weighted by molar-refractivity contribution is 6.07. The Labute approximate surface area is 136 Å². The molecule has 6 heteroatoms. The summed E-state index contributed by atoms with van der Waals surface area (Å²) in [5.74, 6) is -1.57. The molecule has 4 rings (SSSR count). The van der Waals surface area contributed by atoms with Gasteiger partial charge in [0.2, 0.25) is 0 Å². The minimum atomic E-state index is -0.684. The van der Waals surface area contributed by atoms with E-state index in [4.69, 9.17) is 0 Å². The molecule has 0 fully saturated rings. The van der Waals surface area contributed by atoms with E-state index < -0.39 is 11.6 Å². The van der Waals surface area contributed by atoms with Gasteiger partial charge in [0.15, 0.2) is 0 Å². The fraction of sp³-hybridized carbons (Fsp3) is 0.111. The molecule has 0 spiro atoms. The van der Waals surface area contributed by atoms with Crippen molar-refractivity contribution >= 4 is 11.6 Å². The summed E-state index contributed by atoms with van der Waals surface area (Å²) in [6, 6.07) is 10.8. The molecule has 0 radical (unpaired) electrons. The number of hydrogen-bond donors (Lipinski definition) is 0. The number of carbonyl (C=O) groups is 1. The molecule has 0 N–H and O–H groups in total. The summed E-state index contributed by atoms with van der Waals surface area (Å²) in [6.07, 6.45) is 3.81. The van der Waals surface area contributed by atoms with Crippen molar-refractivity contribution in [2.24, 2.45) is 0 Å². The van der Waals surface area contributed by atoms with E-state index in [1.165, 1.54) is 11.0 Å². The van der Waals surface area contributed by atoms with Crippen LogP contribution in [0, 0.1) is 11.6 Å². The monoisotopic (exact) mass is 325 g/mol. The number of nitrogens with zero attached hydrogens (tertiary/aromatic N) is 3. The molecule has 2 aromatic carbocycles. The number of halogens is 2. The molecule has 1 amide bonds. The van der Waals surface area contributed by atoms with Crippen LogP contribution in [-0.4, -0.2) is 22.2 Å². The molecule has 0 saturated carbocycles. The van der Waals surface area contributed by atoms with Gasteiger partial charge in [0.1, 0.15) is 11.6 Å². The molecule has 1 aliphatic rings. The molecule has 1 aliphatic heterocycles. The van der Waals surface area contributed by atoms with Crippen molar-refractivity contribution in [2.45, 2.75) is 6.42 Å². The number of fused-ring (bicyclic) bond motifs is 1. The van der Waals surface area contributed by atoms with Gasteiger partial charge < -0.3 is 4.90 Å². The number of rotatable bonds is 2. The minimum absolute atomic E-state index is 0.284. The van der Waals surface area contributed by atoms with Crippen molar-refractivity contribution in [1.82, 2.24) is 9.78 Å². The number of hydrogen-bond acceptors (Lipinski definition) is 2. The van der Waals surface area contributed by atoms with Gasteiger partial charge in [-0.25, -0.2) is 13.5 Å². The molecule has 24 heavy (non-hydrogen) atoms. The first-order valence-corrected chi connectivity index (χ1v) is 7.53. The van der Waals surface area contributed by atoms with Gasteiger partial charge in [-0.15, -0.1) is 0 Å². The van der Waals surface area contributed by atoms with Crippen LogP contribution in [0.1, 0.15) is 15.9 Å². The zero-order valence-electron chi connectivity index (χ0n) is 12.6. The predicted octanol–water partition coefficient (Wildman–Crippen LogP) is 3.35. The van der Waals surface area contributed by atoms with E-state index in [1.54, 1.807) is 41.3 Å². The van der Waals surface area contributed by atoms with Crippen molar-refractivity contribution in [1.29, 1.82) is 0 Å². The summed E-state index contributed by atoms with van der Waals surface area (Å²) < 4.78 is 29.0. The van der Waals surface area contributed by atoms with Crippen LogP contribution in [-0.2, 0) is 6.42 Å². The smallest absolute Gasteiger partial charge is 0.258 e. The molecule has 0 unspecified atom stereocenters. The Bertz CT molecular complexity index is 922. The predicted molar refractivity (Wildman–Crippen MR) is 85.3 cm³/mol. The van der Waals surface area contributed by atoms with Crippen LogP contribution in [0.3, 0.4) is 0 Å². The average Bonchev–Trinajstić information content (AvgIpc) is 3.24. The molecular weight excluding hydrogens is 312 g/mol. The topological polar surface area (TPSA) is 38.1 Å². The normalized spacial score (nSPS) is 13.2. The third-order valence-electron chi connectivity index (χ3n) is 4.12. The summed E-state index contributed by atoms with van der Waals surface area (Å²) in [4.78, 5) is 14.2. The van der Waals surface area contributed by atoms with Crippen LogP contribution in [0.25, 0.3) is 5.69 Å². The molecule has 3 aromatic rings. The summed E-state index contributed by atoms with van der Waals surface area (Å²) >= 11 is 0. The standard InChI is InChI=1S/C18H13F2N3O/c19-13-10-16(20)15-5-8-22(17(15)11-13)18(24)12-3-1-4-14(9-12)23-7-2-6-21-23/h1-4,6-7,9-11H,5,8H2. The van der Waals surface area contributed by atoms with E-state index >= 15 is 0 Å². The van der Waals surface area contributed by atoms with E-state index in [1.807, 2.05) is 6.07 Å². The highest BCUT2D eigenvalue weighted by Crippen LogP contribution is 2.32. The molecule has 0 bridgehead atoms. The van der Waals surface area contributed by atoms with Crippen molar-refractivity contribution in [3.63, 3.8) is 0 Å². The van der Waals surface area contributed by atoms with Crippen LogP contribution < -0.4 is 4.90 Å². The molecule has 0 saturated heterocycles. The van der Waals surface area contributed by atoms with E-state index in [-0.39, 0.29) is 5.91 Å². The van der Waals surface area contributed by atoms with E-state index in [0.717, 1.165) is 11.8 Å². The largest absolute Gasteiger partial charge is 0.308 e. The SMILES string of the molecule is O=C(c1cccc(-n2cccn2)c1)N1CCc2c(F)cc(F)cc21. The molecule has 4 nitrogen and oxygen atoms in total. The Kier molecular flexibility index (Phi) is 3.37. The Morgan fingerprint density at radius 1 is 1.12 bits per heavy atom. The lowest BCUT2D eigenvalue weighted by Crippen LogP contribution is -2.29. The maximum Gasteiger partial charge on any atom is 0.258 e. The Morgan fingerprint density at radius 3 is 2.79 bits per heavy atom. The second kappa shape index (κ2) is 5.56. The first-order chi connectivity index (χ1) is 11.6. The van der Waals surface area contributed by atoms with Crippen LogP contribution >= 0.6 is 0 Å². The fourth-order valence-electron chi connectivity index (χ4n) is 2.99. The van der Waals surface area contributed by atoms with Crippen LogP contribution in [0.4, 0.5) is 14.5 Å². The average molecular weight is 325 g/mol. The van der Waals surface area contributed by atoms with Gasteiger partial charge in [-0.2, -0.15) is 5.10 Å². The Morgan fingerprint density at radius 2 is 2.00 bits per heavy atom. The Balaban J connectivity index is 1.71. The van der Waals surface area contributed by atoms with Crippen molar-refractivity contribution in [3.05, 3.63) is 77.6 Å².